The smallest absolute Gasteiger partial charge is 0.416 e. The highest BCUT2D eigenvalue weighted by atomic mass is 35.5. The summed E-state index contributed by atoms with van der Waals surface area (Å²) in [5.41, 5.74) is 2.99. The van der Waals surface area contributed by atoms with E-state index in [2.05, 4.69) is 20.9 Å². The van der Waals surface area contributed by atoms with Crippen molar-refractivity contribution >= 4 is 35.0 Å². The molecule has 1 aromatic heterocycles. The van der Waals surface area contributed by atoms with Gasteiger partial charge in [-0.2, -0.15) is 13.2 Å². The van der Waals surface area contributed by atoms with Gasteiger partial charge in [-0.05, 0) is 49.7 Å². The third kappa shape index (κ3) is 4.88. The van der Waals surface area contributed by atoms with Gasteiger partial charge < -0.3 is 15.5 Å². The number of aryl methyl sites for hydroxylation is 1. The van der Waals surface area contributed by atoms with Crippen molar-refractivity contribution in [1.29, 1.82) is 0 Å². The van der Waals surface area contributed by atoms with Crippen LogP contribution in [0.4, 0.5) is 18.9 Å². The molecular formula is C21H19ClF3N5O2S. The molecule has 2 heterocycles. The Balaban J connectivity index is 1.65. The highest BCUT2D eigenvalue weighted by Crippen LogP contribution is 2.39. The second-order valence-electron chi connectivity index (χ2n) is 7.19. The number of fused-ring (bicyclic) bond motifs is 1. The minimum Gasteiger partial charge on any atom is -0.494 e. The molecule has 4 rings (SSSR count). The van der Waals surface area contributed by atoms with Crippen LogP contribution in [0.1, 0.15) is 29.9 Å². The molecule has 1 aliphatic rings. The summed E-state index contributed by atoms with van der Waals surface area (Å²) in [4.78, 5) is 13.3. The Kier molecular flexibility index (Phi) is 6.44. The van der Waals surface area contributed by atoms with Gasteiger partial charge in [-0.1, -0.05) is 35.5 Å². The van der Waals surface area contributed by atoms with Crippen molar-refractivity contribution in [3.05, 3.63) is 64.4 Å². The molecule has 0 aliphatic carbocycles. The maximum Gasteiger partial charge on any atom is 0.416 e. The summed E-state index contributed by atoms with van der Waals surface area (Å²) in [7, 11) is 0. The van der Waals surface area contributed by atoms with Crippen LogP contribution in [0.2, 0.25) is 5.02 Å². The number of ether oxygens (including phenoxy) is 1. The first-order valence-corrected chi connectivity index (χ1v) is 11.2. The van der Waals surface area contributed by atoms with Crippen molar-refractivity contribution in [3.63, 3.8) is 0 Å². The number of alkyl halides is 3. The van der Waals surface area contributed by atoms with Crippen LogP contribution < -0.4 is 15.5 Å². The number of aromatic nitrogens is 3. The number of benzene rings is 2. The lowest BCUT2D eigenvalue weighted by Gasteiger charge is -2.33. The van der Waals surface area contributed by atoms with Crippen molar-refractivity contribution in [2.75, 3.05) is 17.3 Å². The molecule has 0 saturated carbocycles. The van der Waals surface area contributed by atoms with Gasteiger partial charge in [0.1, 0.15) is 16.8 Å². The molecule has 0 radical (unpaired) electrons. The van der Waals surface area contributed by atoms with Crippen LogP contribution in [0.5, 0.6) is 5.75 Å². The molecule has 174 valence electrons. The highest BCUT2D eigenvalue weighted by molar-refractivity contribution is 8.00. The fourth-order valence-corrected chi connectivity index (χ4v) is 4.64. The zero-order valence-corrected chi connectivity index (χ0v) is 19.1. The highest BCUT2D eigenvalue weighted by Gasteiger charge is 2.38. The van der Waals surface area contributed by atoms with E-state index >= 15 is 0 Å². The number of carbonyl (C=O) groups excluding carboxylic acids is 1. The number of halogens is 4. The number of thioether (sulfide) groups is 1. The molecule has 3 aromatic rings. The third-order valence-corrected chi connectivity index (χ3v) is 6.50. The summed E-state index contributed by atoms with van der Waals surface area (Å²) < 4.78 is 46.5. The monoisotopic (exact) mass is 497 g/mol. The number of hydrogen-bond acceptors (Lipinski definition) is 6. The molecule has 1 amide bonds. The van der Waals surface area contributed by atoms with E-state index in [1.807, 2.05) is 19.1 Å². The van der Waals surface area contributed by atoms with E-state index in [9.17, 15) is 18.0 Å². The lowest BCUT2D eigenvalue weighted by atomic mass is 10.0. The predicted octanol–water partition coefficient (Wildman–Crippen LogP) is 5.06. The van der Waals surface area contributed by atoms with E-state index in [1.165, 1.54) is 0 Å². The Morgan fingerprint density at radius 2 is 1.97 bits per heavy atom. The molecule has 0 bridgehead atoms. The molecule has 0 fully saturated rings. The number of nitrogens with one attached hydrogen (secondary N) is 2. The van der Waals surface area contributed by atoms with Gasteiger partial charge in [0.25, 0.3) is 0 Å². The lowest BCUT2D eigenvalue weighted by Crippen LogP contribution is -2.41. The van der Waals surface area contributed by atoms with Crippen molar-refractivity contribution in [3.8, 4) is 5.75 Å². The van der Waals surface area contributed by atoms with Gasteiger partial charge in [-0.25, -0.2) is 4.68 Å². The number of anilines is 1. The second-order valence-corrected chi connectivity index (χ2v) is 8.71. The van der Waals surface area contributed by atoms with Crippen molar-refractivity contribution in [2.24, 2.45) is 0 Å². The Morgan fingerprint density at radius 1 is 1.24 bits per heavy atom. The summed E-state index contributed by atoms with van der Waals surface area (Å²) in [6.45, 7) is 4.16. The Hall–Kier alpha value is -2.92. The summed E-state index contributed by atoms with van der Waals surface area (Å²) in [5, 5.41) is 10.3. The molecule has 0 spiro atoms. The van der Waals surface area contributed by atoms with Gasteiger partial charge in [0, 0.05) is 0 Å². The van der Waals surface area contributed by atoms with Crippen LogP contribution in [-0.2, 0) is 11.0 Å². The SMILES string of the molecule is CCOc1ccc([C@@H]2Nn3c(C)nnc3S[C@@H]2C(=O)Nc2cc(C(F)(F)F)ccc2Cl)cc1. The minimum atomic E-state index is -4.57. The van der Waals surface area contributed by atoms with Crippen LogP contribution in [0.3, 0.4) is 0 Å². The van der Waals surface area contributed by atoms with Gasteiger partial charge in [0.15, 0.2) is 0 Å². The minimum absolute atomic E-state index is 0.00162. The van der Waals surface area contributed by atoms with Crippen molar-refractivity contribution in [1.82, 2.24) is 14.9 Å². The molecule has 0 unspecified atom stereocenters. The van der Waals surface area contributed by atoms with E-state index in [1.54, 1.807) is 23.7 Å². The van der Waals surface area contributed by atoms with Crippen LogP contribution in [0.25, 0.3) is 0 Å². The molecule has 2 N–H and O–H groups in total. The van der Waals surface area contributed by atoms with Crippen LogP contribution >= 0.6 is 23.4 Å². The van der Waals surface area contributed by atoms with Gasteiger partial charge >= 0.3 is 6.18 Å². The maximum atomic E-state index is 13.3. The first-order valence-electron chi connectivity index (χ1n) is 9.93. The van der Waals surface area contributed by atoms with Crippen molar-refractivity contribution in [2.45, 2.75) is 36.5 Å². The number of amides is 1. The number of hydrogen-bond donors (Lipinski definition) is 2. The fraction of sp³-hybridized carbons (Fsp3) is 0.286. The molecule has 33 heavy (non-hydrogen) atoms. The Labute approximate surface area is 196 Å². The maximum absolute atomic E-state index is 13.3. The van der Waals surface area contributed by atoms with Gasteiger partial charge in [-0.3, -0.25) is 4.79 Å². The summed E-state index contributed by atoms with van der Waals surface area (Å²) in [6.07, 6.45) is -4.57. The molecule has 0 saturated heterocycles. The van der Waals surface area contributed by atoms with Gasteiger partial charge in [-0.15, -0.1) is 10.2 Å². The summed E-state index contributed by atoms with van der Waals surface area (Å²) in [6, 6.07) is 9.49. The molecular weight excluding hydrogens is 479 g/mol. The molecule has 1 aliphatic heterocycles. The first kappa shape index (κ1) is 23.2. The zero-order chi connectivity index (χ0) is 23.8. The molecule has 2 aromatic carbocycles. The standard InChI is InChI=1S/C21H19ClF3N5O2S/c1-3-32-14-7-4-12(5-8-14)17-18(33-20-28-27-11(2)30(20)29-17)19(31)26-16-10-13(21(23,24)25)6-9-15(16)22/h4-10,17-18,29H,3H2,1-2H3,(H,26,31)/t17-,18-/m0/s1. The van der Waals surface area contributed by atoms with Crippen LogP contribution in [-0.4, -0.2) is 32.6 Å². The topological polar surface area (TPSA) is 81.1 Å². The fourth-order valence-electron chi connectivity index (χ4n) is 3.35. The zero-order valence-electron chi connectivity index (χ0n) is 17.5. The molecule has 7 nitrogen and oxygen atoms in total. The van der Waals surface area contributed by atoms with E-state index in [4.69, 9.17) is 16.3 Å². The average Bonchev–Trinajstić information content (AvgIpc) is 3.14. The number of rotatable bonds is 5. The van der Waals surface area contributed by atoms with Gasteiger partial charge in [0.2, 0.25) is 11.1 Å². The third-order valence-electron chi connectivity index (χ3n) is 4.96. The summed E-state index contributed by atoms with van der Waals surface area (Å²) >= 11 is 7.23. The average molecular weight is 498 g/mol. The Morgan fingerprint density at radius 3 is 2.64 bits per heavy atom. The van der Waals surface area contributed by atoms with E-state index in [-0.39, 0.29) is 10.7 Å². The van der Waals surface area contributed by atoms with Crippen molar-refractivity contribution < 1.29 is 22.7 Å². The predicted molar refractivity (Wildman–Crippen MR) is 119 cm³/mol. The van der Waals surface area contributed by atoms with Gasteiger partial charge in [0.05, 0.1) is 28.9 Å². The largest absolute Gasteiger partial charge is 0.494 e. The Bertz CT molecular complexity index is 1170. The summed E-state index contributed by atoms with van der Waals surface area (Å²) in [5.74, 6) is 0.760. The van der Waals surface area contributed by atoms with E-state index in [0.717, 1.165) is 35.5 Å². The van der Waals surface area contributed by atoms with Crippen LogP contribution in [0, 0.1) is 6.92 Å². The quantitative estimate of drug-likeness (QED) is 0.513. The van der Waals surface area contributed by atoms with Crippen LogP contribution in [0.15, 0.2) is 47.6 Å². The van der Waals surface area contributed by atoms with E-state index in [0.29, 0.717) is 23.3 Å². The first-order chi connectivity index (χ1) is 15.7. The number of nitrogens with zero attached hydrogens (tertiary/aromatic N) is 3. The van der Waals surface area contributed by atoms with E-state index < -0.39 is 28.9 Å². The molecule has 2 atom stereocenters. The molecule has 12 heteroatoms. The normalized spacial score (nSPS) is 17.8. The number of carbonyl (C=O) groups is 1. The second kappa shape index (κ2) is 9.14. The lowest BCUT2D eigenvalue weighted by molar-refractivity contribution is -0.137.